The fourth-order valence-corrected chi connectivity index (χ4v) is 2.58. The average molecular weight is 321 g/mol. The first kappa shape index (κ1) is 17.2. The van der Waals surface area contributed by atoms with E-state index in [0.29, 0.717) is 11.6 Å². The summed E-state index contributed by atoms with van der Waals surface area (Å²) in [5.41, 5.74) is 0.0628. The molecule has 1 aromatic carbocycles. The van der Waals surface area contributed by atoms with E-state index in [-0.39, 0.29) is 29.9 Å². The quantitative estimate of drug-likeness (QED) is 0.924. The van der Waals surface area contributed by atoms with Gasteiger partial charge in [-0.25, -0.2) is 4.39 Å². The molecule has 0 spiro atoms. The Hall–Kier alpha value is -0.840. The fraction of sp³-hybridized carbons (Fsp3) is 0.500. The van der Waals surface area contributed by atoms with Crippen molar-refractivity contribution in [2.45, 2.75) is 25.8 Å². The highest BCUT2D eigenvalue weighted by atomic mass is 35.5. The minimum atomic E-state index is -0.513. The van der Waals surface area contributed by atoms with Crippen molar-refractivity contribution in [1.82, 2.24) is 10.2 Å². The molecule has 20 heavy (non-hydrogen) atoms. The maximum Gasteiger partial charge on any atom is 0.257 e. The van der Waals surface area contributed by atoms with E-state index in [1.165, 1.54) is 18.2 Å². The van der Waals surface area contributed by atoms with Crippen LogP contribution in [0, 0.1) is 5.82 Å². The predicted octanol–water partition coefficient (Wildman–Crippen LogP) is 3.12. The number of halogens is 3. The van der Waals surface area contributed by atoms with Gasteiger partial charge in [-0.2, -0.15) is 0 Å². The lowest BCUT2D eigenvalue weighted by atomic mass is 10.1. The van der Waals surface area contributed by atoms with Crippen molar-refractivity contribution in [2.75, 3.05) is 19.6 Å². The van der Waals surface area contributed by atoms with E-state index >= 15 is 0 Å². The minimum absolute atomic E-state index is 0. The van der Waals surface area contributed by atoms with Crippen LogP contribution in [0.2, 0.25) is 5.02 Å². The lowest BCUT2D eigenvalue weighted by molar-refractivity contribution is 0.0687. The van der Waals surface area contributed by atoms with Crippen LogP contribution < -0.4 is 5.32 Å². The first-order valence-corrected chi connectivity index (χ1v) is 6.98. The number of amides is 1. The van der Waals surface area contributed by atoms with Crippen molar-refractivity contribution in [1.29, 1.82) is 0 Å². The highest BCUT2D eigenvalue weighted by Crippen LogP contribution is 2.19. The molecule has 2 rings (SSSR count). The molecule has 3 nitrogen and oxygen atoms in total. The van der Waals surface area contributed by atoms with Gasteiger partial charge < -0.3 is 10.2 Å². The van der Waals surface area contributed by atoms with Crippen molar-refractivity contribution >= 4 is 29.9 Å². The molecule has 1 unspecified atom stereocenters. The van der Waals surface area contributed by atoms with Gasteiger partial charge in [-0.1, -0.05) is 18.5 Å². The monoisotopic (exact) mass is 320 g/mol. The number of benzene rings is 1. The molecule has 0 radical (unpaired) electrons. The van der Waals surface area contributed by atoms with Crippen molar-refractivity contribution in [3.8, 4) is 0 Å². The van der Waals surface area contributed by atoms with Crippen LogP contribution in [0.15, 0.2) is 18.2 Å². The third-order valence-electron chi connectivity index (χ3n) is 3.36. The standard InChI is InChI=1S/C14H18ClFN2O.ClH/c1-2-7-18(11-5-6-17-9-11)14(19)12-8-10(15)3-4-13(12)16;/h3-4,8,11,17H,2,5-7,9H2,1H3;1H. The van der Waals surface area contributed by atoms with E-state index in [2.05, 4.69) is 5.32 Å². The van der Waals surface area contributed by atoms with Gasteiger partial charge in [-0.05, 0) is 37.6 Å². The molecule has 1 fully saturated rings. The molecule has 1 heterocycles. The largest absolute Gasteiger partial charge is 0.334 e. The minimum Gasteiger partial charge on any atom is -0.334 e. The van der Waals surface area contributed by atoms with E-state index < -0.39 is 5.82 Å². The first-order chi connectivity index (χ1) is 9.13. The van der Waals surface area contributed by atoms with Crippen LogP contribution >= 0.6 is 24.0 Å². The summed E-state index contributed by atoms with van der Waals surface area (Å²) in [7, 11) is 0. The summed E-state index contributed by atoms with van der Waals surface area (Å²) in [4.78, 5) is 14.3. The van der Waals surface area contributed by atoms with Gasteiger partial charge in [0.2, 0.25) is 0 Å². The van der Waals surface area contributed by atoms with Crippen LogP contribution in [0.3, 0.4) is 0 Å². The summed E-state index contributed by atoms with van der Waals surface area (Å²) < 4.78 is 13.8. The molecule has 1 aromatic rings. The molecule has 0 saturated carbocycles. The molecule has 1 amide bonds. The molecule has 1 aliphatic rings. The van der Waals surface area contributed by atoms with E-state index in [9.17, 15) is 9.18 Å². The molecule has 1 atom stereocenters. The van der Waals surface area contributed by atoms with Gasteiger partial charge in [0.15, 0.2) is 0 Å². The van der Waals surface area contributed by atoms with Crippen LogP contribution in [0.1, 0.15) is 30.1 Å². The summed E-state index contributed by atoms with van der Waals surface area (Å²) in [5, 5.41) is 3.61. The van der Waals surface area contributed by atoms with Gasteiger partial charge in [0, 0.05) is 24.2 Å². The molecule has 6 heteroatoms. The van der Waals surface area contributed by atoms with Gasteiger partial charge >= 0.3 is 0 Å². The second kappa shape index (κ2) is 7.81. The normalized spacial score (nSPS) is 17.6. The molecule has 112 valence electrons. The number of hydrogen-bond acceptors (Lipinski definition) is 2. The summed E-state index contributed by atoms with van der Waals surface area (Å²) in [6.07, 6.45) is 1.76. The van der Waals surface area contributed by atoms with Gasteiger partial charge in [0.1, 0.15) is 5.82 Å². The zero-order chi connectivity index (χ0) is 13.8. The summed E-state index contributed by atoms with van der Waals surface area (Å²) in [6, 6.07) is 4.25. The zero-order valence-corrected chi connectivity index (χ0v) is 12.9. The van der Waals surface area contributed by atoms with Crippen molar-refractivity contribution in [3.63, 3.8) is 0 Å². The van der Waals surface area contributed by atoms with Crippen LogP contribution in [-0.2, 0) is 0 Å². The number of nitrogens with one attached hydrogen (secondary N) is 1. The SMILES string of the molecule is CCCN(C(=O)c1cc(Cl)ccc1F)C1CCNC1.Cl. The number of rotatable bonds is 4. The molecular formula is C14H19Cl2FN2O. The van der Waals surface area contributed by atoms with E-state index in [4.69, 9.17) is 11.6 Å². The van der Waals surface area contributed by atoms with Crippen molar-refractivity contribution in [2.24, 2.45) is 0 Å². The van der Waals surface area contributed by atoms with Crippen molar-refractivity contribution < 1.29 is 9.18 Å². The van der Waals surface area contributed by atoms with Gasteiger partial charge in [0.25, 0.3) is 5.91 Å². The highest BCUT2D eigenvalue weighted by molar-refractivity contribution is 6.31. The zero-order valence-electron chi connectivity index (χ0n) is 11.4. The van der Waals surface area contributed by atoms with E-state index in [1.807, 2.05) is 6.92 Å². The molecule has 0 aliphatic carbocycles. The van der Waals surface area contributed by atoms with Crippen LogP contribution in [0.25, 0.3) is 0 Å². The average Bonchev–Trinajstić information content (AvgIpc) is 2.92. The summed E-state index contributed by atoms with van der Waals surface area (Å²) in [5.74, 6) is -0.781. The second-order valence-corrected chi connectivity index (χ2v) is 5.21. The smallest absolute Gasteiger partial charge is 0.257 e. The number of carbonyl (C=O) groups is 1. The van der Waals surface area contributed by atoms with Crippen LogP contribution in [0.5, 0.6) is 0 Å². The van der Waals surface area contributed by atoms with Crippen LogP contribution in [-0.4, -0.2) is 36.5 Å². The maximum atomic E-state index is 13.8. The van der Waals surface area contributed by atoms with Crippen molar-refractivity contribution in [3.05, 3.63) is 34.6 Å². The molecular weight excluding hydrogens is 302 g/mol. The van der Waals surface area contributed by atoms with Crippen LogP contribution in [0.4, 0.5) is 4.39 Å². The Labute approximate surface area is 129 Å². The van der Waals surface area contributed by atoms with E-state index in [1.54, 1.807) is 4.90 Å². The number of carbonyl (C=O) groups excluding carboxylic acids is 1. The summed E-state index contributed by atoms with van der Waals surface area (Å²) in [6.45, 7) is 4.32. The Morgan fingerprint density at radius 1 is 1.55 bits per heavy atom. The van der Waals surface area contributed by atoms with Gasteiger partial charge in [0.05, 0.1) is 5.56 Å². The fourth-order valence-electron chi connectivity index (χ4n) is 2.41. The Bertz CT molecular complexity index is 464. The third kappa shape index (κ3) is 3.84. The second-order valence-electron chi connectivity index (χ2n) is 4.77. The first-order valence-electron chi connectivity index (χ1n) is 6.60. The Morgan fingerprint density at radius 3 is 2.90 bits per heavy atom. The molecule has 1 N–H and O–H groups in total. The number of nitrogens with zero attached hydrogens (tertiary/aromatic N) is 1. The molecule has 1 aliphatic heterocycles. The molecule has 1 saturated heterocycles. The van der Waals surface area contributed by atoms with E-state index in [0.717, 1.165) is 25.9 Å². The highest BCUT2D eigenvalue weighted by Gasteiger charge is 2.28. The lowest BCUT2D eigenvalue weighted by Crippen LogP contribution is -2.42. The Kier molecular flexibility index (Phi) is 6.72. The molecule has 0 aromatic heterocycles. The third-order valence-corrected chi connectivity index (χ3v) is 3.59. The van der Waals surface area contributed by atoms with Gasteiger partial charge in [-0.3, -0.25) is 4.79 Å². The summed E-state index contributed by atoms with van der Waals surface area (Å²) >= 11 is 5.85. The van der Waals surface area contributed by atoms with Gasteiger partial charge in [-0.15, -0.1) is 12.4 Å². The number of hydrogen-bond donors (Lipinski definition) is 1. The predicted molar refractivity (Wildman–Crippen MR) is 81.3 cm³/mol. The Balaban J connectivity index is 0.00000200. The Morgan fingerprint density at radius 2 is 2.30 bits per heavy atom. The topological polar surface area (TPSA) is 32.3 Å². The lowest BCUT2D eigenvalue weighted by Gasteiger charge is -2.28. The molecule has 0 bridgehead atoms. The maximum absolute atomic E-state index is 13.8.